The number of halogens is 3. The van der Waals surface area contributed by atoms with Crippen LogP contribution in [-0.2, 0) is 6.54 Å². The van der Waals surface area contributed by atoms with Crippen LogP contribution in [0.25, 0.3) is 0 Å². The molecule has 0 unspecified atom stereocenters. The number of hydrogen-bond donors (Lipinski definition) is 0. The fourth-order valence-electron chi connectivity index (χ4n) is 0.992. The van der Waals surface area contributed by atoms with Crippen LogP contribution in [0.3, 0.4) is 0 Å². The molecule has 0 fully saturated rings. The van der Waals surface area contributed by atoms with Crippen molar-refractivity contribution in [1.29, 1.82) is 0 Å². The summed E-state index contributed by atoms with van der Waals surface area (Å²) in [5, 5.41) is 0. The molecule has 0 saturated heterocycles. The highest BCUT2D eigenvalue weighted by atomic mass is 35.5. The van der Waals surface area contributed by atoms with Gasteiger partial charge in [-0.2, -0.15) is 0 Å². The average molecular weight is 206 g/mol. The van der Waals surface area contributed by atoms with Gasteiger partial charge < -0.3 is 0 Å². The van der Waals surface area contributed by atoms with Crippen LogP contribution in [0.4, 0.5) is 8.78 Å². The molecule has 1 aromatic carbocycles. The molecule has 0 aliphatic heterocycles. The van der Waals surface area contributed by atoms with Crippen LogP contribution in [0.15, 0.2) is 18.2 Å². The van der Waals surface area contributed by atoms with Crippen molar-refractivity contribution in [2.24, 2.45) is 0 Å². The Hall–Kier alpha value is -0.670. The molecule has 0 spiro atoms. The van der Waals surface area contributed by atoms with Crippen molar-refractivity contribution in [1.82, 2.24) is 4.90 Å². The second-order valence-corrected chi connectivity index (χ2v) is 3.12. The van der Waals surface area contributed by atoms with Gasteiger partial charge in [0, 0.05) is 6.54 Å². The highest BCUT2D eigenvalue weighted by molar-refractivity contribution is 6.17. The van der Waals surface area contributed by atoms with E-state index in [0.717, 1.165) is 6.07 Å². The van der Waals surface area contributed by atoms with Gasteiger partial charge in [0.25, 0.3) is 0 Å². The molecule has 1 nitrogen and oxygen atoms in total. The van der Waals surface area contributed by atoms with Crippen LogP contribution < -0.4 is 0 Å². The third kappa shape index (κ3) is 2.94. The molecule has 1 aromatic rings. The molecule has 0 saturated carbocycles. The van der Waals surface area contributed by atoms with Gasteiger partial charge in [0.15, 0.2) is 11.6 Å². The quantitative estimate of drug-likeness (QED) is 0.542. The average Bonchev–Trinajstić information content (AvgIpc) is 2.11. The molecule has 0 amide bonds. The zero-order valence-electron chi connectivity index (χ0n) is 7.23. The molecular formula is C9H10ClF2N. The second kappa shape index (κ2) is 4.53. The SMILES string of the molecule is CN(CCl)Cc1ccc(F)c(F)c1. The Kier molecular flexibility index (Phi) is 3.63. The Bertz CT molecular complexity index is 291. The first kappa shape index (κ1) is 10.4. The van der Waals surface area contributed by atoms with Gasteiger partial charge in [-0.15, -0.1) is 11.6 Å². The van der Waals surface area contributed by atoms with Crippen molar-refractivity contribution in [2.75, 3.05) is 13.1 Å². The highest BCUT2D eigenvalue weighted by Crippen LogP contribution is 2.10. The molecular weight excluding hydrogens is 196 g/mol. The van der Waals surface area contributed by atoms with Crippen LogP contribution in [0.1, 0.15) is 5.56 Å². The van der Waals surface area contributed by atoms with Gasteiger partial charge in [0.1, 0.15) is 0 Å². The first-order chi connectivity index (χ1) is 6.13. The highest BCUT2D eigenvalue weighted by Gasteiger charge is 2.03. The first-order valence-electron chi connectivity index (χ1n) is 3.82. The van der Waals surface area contributed by atoms with E-state index < -0.39 is 11.6 Å². The Morgan fingerprint density at radius 2 is 2.00 bits per heavy atom. The van der Waals surface area contributed by atoms with Crippen LogP contribution in [0, 0.1) is 11.6 Å². The molecule has 4 heteroatoms. The lowest BCUT2D eigenvalue weighted by molar-refractivity contribution is 0.380. The summed E-state index contributed by atoms with van der Waals surface area (Å²) in [6.07, 6.45) is 0. The summed E-state index contributed by atoms with van der Waals surface area (Å²) < 4.78 is 25.2. The van der Waals surface area contributed by atoms with Gasteiger partial charge in [-0.3, -0.25) is 4.90 Å². The number of hydrogen-bond acceptors (Lipinski definition) is 1. The first-order valence-corrected chi connectivity index (χ1v) is 4.35. The van der Waals surface area contributed by atoms with E-state index in [1.165, 1.54) is 6.07 Å². The van der Waals surface area contributed by atoms with Gasteiger partial charge in [-0.1, -0.05) is 6.07 Å². The third-order valence-corrected chi connectivity index (χ3v) is 2.05. The minimum absolute atomic E-state index is 0.360. The number of alkyl halides is 1. The van der Waals surface area contributed by atoms with Crippen molar-refractivity contribution < 1.29 is 8.78 Å². The van der Waals surface area contributed by atoms with Crippen LogP contribution in [0.5, 0.6) is 0 Å². The summed E-state index contributed by atoms with van der Waals surface area (Å²) in [6, 6.07) is 4.20. The molecule has 0 atom stereocenters. The predicted molar refractivity (Wildman–Crippen MR) is 48.5 cm³/mol. The van der Waals surface area contributed by atoms with Gasteiger partial charge in [-0.05, 0) is 24.7 Å². The van der Waals surface area contributed by atoms with Crippen molar-refractivity contribution in [3.05, 3.63) is 35.4 Å². The van der Waals surface area contributed by atoms with Crippen LogP contribution >= 0.6 is 11.6 Å². The summed E-state index contributed by atoms with van der Waals surface area (Å²) in [4.78, 5) is 1.79. The monoisotopic (exact) mass is 205 g/mol. The maximum atomic E-state index is 12.7. The van der Waals surface area contributed by atoms with E-state index in [9.17, 15) is 8.78 Å². The van der Waals surface area contributed by atoms with Crippen molar-refractivity contribution in [3.8, 4) is 0 Å². The molecule has 0 aromatic heterocycles. The predicted octanol–water partition coefficient (Wildman–Crippen LogP) is 2.59. The van der Waals surface area contributed by atoms with E-state index >= 15 is 0 Å². The summed E-state index contributed by atoms with van der Waals surface area (Å²) in [5.41, 5.74) is 0.710. The second-order valence-electron chi connectivity index (χ2n) is 2.88. The number of nitrogens with zero attached hydrogens (tertiary/aromatic N) is 1. The van der Waals surface area contributed by atoms with Crippen LogP contribution in [-0.4, -0.2) is 18.0 Å². The normalized spacial score (nSPS) is 10.8. The lowest BCUT2D eigenvalue weighted by Gasteiger charge is -2.12. The molecule has 0 aliphatic carbocycles. The maximum Gasteiger partial charge on any atom is 0.159 e. The molecule has 0 N–H and O–H groups in total. The molecule has 0 radical (unpaired) electrons. The summed E-state index contributed by atoms with van der Waals surface area (Å²) in [7, 11) is 1.80. The van der Waals surface area contributed by atoms with Crippen molar-refractivity contribution in [2.45, 2.75) is 6.54 Å². The van der Waals surface area contributed by atoms with E-state index in [2.05, 4.69) is 0 Å². The minimum Gasteiger partial charge on any atom is -0.289 e. The topological polar surface area (TPSA) is 3.24 Å². The zero-order valence-corrected chi connectivity index (χ0v) is 7.98. The fraction of sp³-hybridized carbons (Fsp3) is 0.333. The van der Waals surface area contributed by atoms with Gasteiger partial charge in [0.2, 0.25) is 0 Å². The fourth-order valence-corrected chi connectivity index (χ4v) is 1.08. The smallest absolute Gasteiger partial charge is 0.159 e. The van der Waals surface area contributed by atoms with Crippen LogP contribution in [0.2, 0.25) is 0 Å². The lowest BCUT2D eigenvalue weighted by atomic mass is 10.2. The standard InChI is InChI=1S/C9H10ClF2N/c1-13(6-10)5-7-2-3-8(11)9(12)4-7/h2-4H,5-6H2,1H3. The Morgan fingerprint density at radius 1 is 1.31 bits per heavy atom. The molecule has 1 rings (SSSR count). The van der Waals surface area contributed by atoms with Gasteiger partial charge in [0.05, 0.1) is 6.00 Å². The largest absolute Gasteiger partial charge is 0.289 e. The Labute approximate surface area is 80.9 Å². The van der Waals surface area contributed by atoms with E-state index in [-0.39, 0.29) is 0 Å². The van der Waals surface area contributed by atoms with E-state index in [1.54, 1.807) is 18.0 Å². The van der Waals surface area contributed by atoms with Crippen molar-refractivity contribution in [3.63, 3.8) is 0 Å². The van der Waals surface area contributed by atoms with Gasteiger partial charge >= 0.3 is 0 Å². The zero-order chi connectivity index (χ0) is 9.84. The molecule has 0 heterocycles. The van der Waals surface area contributed by atoms with E-state index in [1.807, 2.05) is 0 Å². The Balaban J connectivity index is 2.73. The molecule has 72 valence electrons. The minimum atomic E-state index is -0.822. The maximum absolute atomic E-state index is 12.7. The summed E-state index contributed by atoms with van der Waals surface area (Å²) >= 11 is 5.53. The van der Waals surface area contributed by atoms with E-state index in [4.69, 9.17) is 11.6 Å². The lowest BCUT2D eigenvalue weighted by Crippen LogP contribution is -2.15. The molecule has 0 bridgehead atoms. The number of rotatable bonds is 3. The van der Waals surface area contributed by atoms with E-state index in [0.29, 0.717) is 18.1 Å². The molecule has 0 aliphatic rings. The third-order valence-electron chi connectivity index (χ3n) is 1.64. The number of benzene rings is 1. The van der Waals surface area contributed by atoms with Gasteiger partial charge in [-0.25, -0.2) is 8.78 Å². The van der Waals surface area contributed by atoms with Crippen molar-refractivity contribution >= 4 is 11.6 Å². The summed E-state index contributed by atoms with van der Waals surface area (Å²) in [5.74, 6) is -1.64. The summed E-state index contributed by atoms with van der Waals surface area (Å²) in [6.45, 7) is 0.515. The Morgan fingerprint density at radius 3 is 2.54 bits per heavy atom. The molecule has 13 heavy (non-hydrogen) atoms.